The molecule has 0 saturated carbocycles. The third-order valence-electron chi connectivity index (χ3n) is 10.9. The van der Waals surface area contributed by atoms with Gasteiger partial charge in [0.25, 0.3) is 0 Å². The molecule has 0 aliphatic carbocycles. The fourth-order valence-corrected chi connectivity index (χ4v) is 9.54. The highest BCUT2D eigenvalue weighted by Crippen LogP contribution is 2.45. The molecule has 0 aliphatic heterocycles. The molecule has 258 valence electrons. The van der Waals surface area contributed by atoms with E-state index in [9.17, 15) is 0 Å². The molecule has 0 saturated heterocycles. The maximum atomic E-state index is 6.61. The summed E-state index contributed by atoms with van der Waals surface area (Å²) in [5, 5.41) is 7.34. The van der Waals surface area contributed by atoms with Crippen LogP contribution in [0.4, 0.5) is 17.1 Å². The lowest BCUT2D eigenvalue weighted by atomic mass is 9.96. The van der Waals surface area contributed by atoms with E-state index in [1.165, 1.54) is 53.2 Å². The highest BCUT2D eigenvalue weighted by Gasteiger charge is 2.20. The molecule has 3 heteroatoms. The molecule has 11 rings (SSSR count). The first kappa shape index (κ1) is 31.6. The van der Waals surface area contributed by atoms with E-state index in [4.69, 9.17) is 4.42 Å². The van der Waals surface area contributed by atoms with Crippen molar-refractivity contribution in [1.29, 1.82) is 0 Å². The summed E-state index contributed by atoms with van der Waals surface area (Å²) < 4.78 is 9.25. The van der Waals surface area contributed by atoms with Crippen LogP contribution < -0.4 is 4.90 Å². The van der Waals surface area contributed by atoms with Crippen LogP contribution >= 0.6 is 11.3 Å². The zero-order valence-electron chi connectivity index (χ0n) is 29.8. The van der Waals surface area contributed by atoms with Gasteiger partial charge in [0.15, 0.2) is 0 Å². The summed E-state index contributed by atoms with van der Waals surface area (Å²) in [6.45, 7) is 0. The number of furan rings is 1. The molecule has 0 radical (unpaired) electrons. The predicted molar refractivity (Wildman–Crippen MR) is 235 cm³/mol. The van der Waals surface area contributed by atoms with Gasteiger partial charge in [-0.25, -0.2) is 0 Å². The maximum absolute atomic E-state index is 6.61. The number of fused-ring (bicyclic) bond motifs is 8. The van der Waals surface area contributed by atoms with Crippen LogP contribution in [0.5, 0.6) is 0 Å². The summed E-state index contributed by atoms with van der Waals surface area (Å²) >= 11 is 1.87. The molecule has 0 N–H and O–H groups in total. The van der Waals surface area contributed by atoms with Gasteiger partial charge in [-0.2, -0.15) is 0 Å². The number of hydrogen-bond acceptors (Lipinski definition) is 3. The van der Waals surface area contributed by atoms with Crippen LogP contribution in [0.2, 0.25) is 0 Å². The Morgan fingerprint density at radius 1 is 0.400 bits per heavy atom. The zero-order valence-corrected chi connectivity index (χ0v) is 30.6. The second kappa shape index (κ2) is 12.9. The highest BCUT2D eigenvalue weighted by atomic mass is 32.1. The van der Waals surface area contributed by atoms with Crippen LogP contribution in [0.1, 0.15) is 0 Å². The number of thiophene rings is 1. The lowest BCUT2D eigenvalue weighted by Gasteiger charge is -2.28. The van der Waals surface area contributed by atoms with Crippen molar-refractivity contribution in [3.63, 3.8) is 0 Å². The van der Waals surface area contributed by atoms with E-state index in [1.807, 2.05) is 17.4 Å². The molecule has 2 heterocycles. The third kappa shape index (κ3) is 5.24. The predicted octanol–water partition coefficient (Wildman–Crippen LogP) is 15.6. The van der Waals surface area contributed by atoms with Crippen molar-refractivity contribution in [3.05, 3.63) is 200 Å². The minimum Gasteiger partial charge on any atom is -0.455 e. The molecule has 0 fully saturated rings. The second-order valence-corrected chi connectivity index (χ2v) is 15.1. The Kier molecular flexibility index (Phi) is 7.39. The Morgan fingerprint density at radius 2 is 0.982 bits per heavy atom. The summed E-state index contributed by atoms with van der Waals surface area (Å²) in [5.74, 6) is 0. The molecule has 0 amide bonds. The van der Waals surface area contributed by atoms with Gasteiger partial charge in [-0.1, -0.05) is 152 Å². The Bertz CT molecular complexity index is 3190. The van der Waals surface area contributed by atoms with E-state index >= 15 is 0 Å². The smallest absolute Gasteiger partial charge is 0.143 e. The van der Waals surface area contributed by atoms with Crippen molar-refractivity contribution in [2.24, 2.45) is 0 Å². The van der Waals surface area contributed by atoms with Gasteiger partial charge in [0.05, 0.1) is 5.69 Å². The number of rotatable bonds is 6. The molecule has 0 atom stereocenters. The minimum absolute atomic E-state index is 0.905. The van der Waals surface area contributed by atoms with Crippen molar-refractivity contribution < 1.29 is 4.42 Å². The Labute approximate surface area is 322 Å². The van der Waals surface area contributed by atoms with Crippen molar-refractivity contribution in [3.8, 4) is 33.4 Å². The van der Waals surface area contributed by atoms with E-state index in [1.54, 1.807) is 0 Å². The van der Waals surface area contributed by atoms with E-state index in [-0.39, 0.29) is 0 Å². The summed E-state index contributed by atoms with van der Waals surface area (Å²) in [6.07, 6.45) is 0. The van der Waals surface area contributed by atoms with E-state index in [2.05, 4.69) is 199 Å². The van der Waals surface area contributed by atoms with Crippen LogP contribution in [0.15, 0.2) is 205 Å². The summed E-state index contributed by atoms with van der Waals surface area (Å²) in [6, 6.07) is 72.0. The Morgan fingerprint density at radius 3 is 1.78 bits per heavy atom. The van der Waals surface area contributed by atoms with Gasteiger partial charge in [-0.15, -0.1) is 11.3 Å². The average Bonchev–Trinajstić information content (AvgIpc) is 3.84. The standard InChI is InChI=1S/C52H33NOS/c1-2-13-34(14-3-1)40-16-6-9-22-47(40)53(38-29-25-35(26-30-38)42-20-12-21-44-43-18-8-11-24-49(43)55-52(42)44)39-31-27-36(28-32-39)46-33-37-15-4-5-17-41(37)50-45-19-7-10-23-48(45)54-51(46)50/h1-33H. The van der Waals surface area contributed by atoms with Crippen LogP contribution in [0, 0.1) is 0 Å². The molecule has 11 aromatic rings. The highest BCUT2D eigenvalue weighted by molar-refractivity contribution is 7.26. The number of hydrogen-bond donors (Lipinski definition) is 0. The first-order chi connectivity index (χ1) is 27.3. The number of para-hydroxylation sites is 2. The molecular weight excluding hydrogens is 687 g/mol. The summed E-state index contributed by atoms with van der Waals surface area (Å²) in [4.78, 5) is 2.38. The van der Waals surface area contributed by atoms with Gasteiger partial charge < -0.3 is 9.32 Å². The monoisotopic (exact) mass is 719 g/mol. The average molecular weight is 720 g/mol. The zero-order chi connectivity index (χ0) is 36.3. The maximum Gasteiger partial charge on any atom is 0.143 e. The van der Waals surface area contributed by atoms with Crippen molar-refractivity contribution in [2.45, 2.75) is 0 Å². The largest absolute Gasteiger partial charge is 0.455 e. The molecule has 55 heavy (non-hydrogen) atoms. The minimum atomic E-state index is 0.905. The molecule has 9 aromatic carbocycles. The van der Waals surface area contributed by atoms with Crippen LogP contribution in [-0.4, -0.2) is 0 Å². The number of anilines is 3. The third-order valence-corrected chi connectivity index (χ3v) is 12.1. The Hall–Kier alpha value is -6.94. The van der Waals surface area contributed by atoms with Gasteiger partial charge >= 0.3 is 0 Å². The first-order valence-electron chi connectivity index (χ1n) is 18.7. The lowest BCUT2D eigenvalue weighted by Crippen LogP contribution is -2.11. The quantitative estimate of drug-likeness (QED) is 0.170. The van der Waals surface area contributed by atoms with Crippen LogP contribution in [0.25, 0.3) is 86.3 Å². The molecule has 0 aliphatic rings. The topological polar surface area (TPSA) is 16.4 Å². The van der Waals surface area contributed by atoms with E-state index in [0.717, 1.165) is 50.1 Å². The first-order valence-corrected chi connectivity index (χ1v) is 19.5. The van der Waals surface area contributed by atoms with Gasteiger partial charge in [0, 0.05) is 53.4 Å². The number of benzene rings is 9. The molecule has 2 nitrogen and oxygen atoms in total. The normalized spacial score (nSPS) is 11.6. The molecule has 0 unspecified atom stereocenters. The number of nitrogens with zero attached hydrogens (tertiary/aromatic N) is 1. The molecule has 0 bridgehead atoms. The molecule has 0 spiro atoms. The second-order valence-electron chi connectivity index (χ2n) is 14.0. The fourth-order valence-electron chi connectivity index (χ4n) is 8.30. The van der Waals surface area contributed by atoms with Crippen molar-refractivity contribution in [1.82, 2.24) is 0 Å². The van der Waals surface area contributed by atoms with Gasteiger partial charge in [0.2, 0.25) is 0 Å². The van der Waals surface area contributed by atoms with E-state index < -0.39 is 0 Å². The molecular formula is C52H33NOS. The SMILES string of the molecule is c1ccc(-c2ccccc2N(c2ccc(-c3cc4ccccc4c4c3oc3ccccc34)cc2)c2ccc(-c3cccc4c3sc3ccccc34)cc2)cc1. The van der Waals surface area contributed by atoms with Crippen LogP contribution in [-0.2, 0) is 0 Å². The summed E-state index contributed by atoms with van der Waals surface area (Å²) in [5.41, 5.74) is 12.1. The molecule has 2 aromatic heterocycles. The van der Waals surface area contributed by atoms with Crippen molar-refractivity contribution >= 4 is 81.3 Å². The lowest BCUT2D eigenvalue weighted by molar-refractivity contribution is 0.670. The van der Waals surface area contributed by atoms with Crippen LogP contribution in [0.3, 0.4) is 0 Å². The Balaban J connectivity index is 1.06. The van der Waals surface area contributed by atoms with Crippen molar-refractivity contribution in [2.75, 3.05) is 4.90 Å². The van der Waals surface area contributed by atoms with Gasteiger partial charge in [0.1, 0.15) is 11.2 Å². The van der Waals surface area contributed by atoms with E-state index in [0.29, 0.717) is 0 Å². The summed E-state index contributed by atoms with van der Waals surface area (Å²) in [7, 11) is 0. The van der Waals surface area contributed by atoms with Gasteiger partial charge in [-0.3, -0.25) is 0 Å². The fraction of sp³-hybridized carbons (Fsp3) is 0. The van der Waals surface area contributed by atoms with Gasteiger partial charge in [-0.05, 0) is 81.6 Å².